The van der Waals surface area contributed by atoms with E-state index in [4.69, 9.17) is 9.47 Å². The number of likely N-dealkylation sites (N-methyl/N-ethyl adjacent to an activating group) is 1. The van der Waals surface area contributed by atoms with Gasteiger partial charge in [-0.25, -0.2) is 4.98 Å². The second kappa shape index (κ2) is 6.84. The molecule has 128 valence electrons. The Morgan fingerprint density at radius 2 is 2.39 bits per heavy atom. The Labute approximate surface area is 141 Å². The first-order valence-electron chi connectivity index (χ1n) is 8.09. The Balaban J connectivity index is 1.70. The van der Waals surface area contributed by atoms with Crippen molar-refractivity contribution in [2.24, 2.45) is 0 Å². The number of thiazole rings is 1. The summed E-state index contributed by atoms with van der Waals surface area (Å²) in [6.45, 7) is 5.13. The van der Waals surface area contributed by atoms with Gasteiger partial charge in [0.2, 0.25) is 0 Å². The molecule has 2 saturated heterocycles. The largest absolute Gasteiger partial charge is 0.377 e. The fraction of sp³-hybridized carbons (Fsp3) is 0.750. The van der Waals surface area contributed by atoms with Crippen molar-refractivity contribution < 1.29 is 14.3 Å². The number of amides is 1. The van der Waals surface area contributed by atoms with Crippen LogP contribution in [0.5, 0.6) is 0 Å². The maximum Gasteiger partial charge on any atom is 0.273 e. The predicted octanol–water partition coefficient (Wildman–Crippen LogP) is 1.40. The molecule has 3 heterocycles. The lowest BCUT2D eigenvalue weighted by Gasteiger charge is -2.32. The summed E-state index contributed by atoms with van der Waals surface area (Å²) >= 11 is 1.51. The number of aromatic nitrogens is 1. The molecule has 0 radical (unpaired) electrons. The zero-order valence-corrected chi connectivity index (χ0v) is 14.9. The van der Waals surface area contributed by atoms with E-state index in [2.05, 4.69) is 24.0 Å². The monoisotopic (exact) mass is 339 g/mol. The molecule has 1 aromatic rings. The van der Waals surface area contributed by atoms with Crippen molar-refractivity contribution in [1.29, 1.82) is 0 Å². The highest BCUT2D eigenvalue weighted by molar-refractivity contribution is 7.09. The Morgan fingerprint density at radius 1 is 1.57 bits per heavy atom. The zero-order chi connectivity index (χ0) is 16.4. The van der Waals surface area contributed by atoms with Crippen LogP contribution in [0.3, 0.4) is 0 Å². The number of carbonyl (C=O) groups excluding carboxylic acids is 1. The van der Waals surface area contributed by atoms with Crippen LogP contribution in [0.25, 0.3) is 0 Å². The number of nitrogens with zero attached hydrogens (tertiary/aromatic N) is 3. The smallest absolute Gasteiger partial charge is 0.273 e. The van der Waals surface area contributed by atoms with Crippen molar-refractivity contribution >= 4 is 17.2 Å². The van der Waals surface area contributed by atoms with Crippen LogP contribution >= 0.6 is 11.3 Å². The first-order chi connectivity index (χ1) is 11.0. The number of rotatable bonds is 3. The zero-order valence-electron chi connectivity index (χ0n) is 14.1. The van der Waals surface area contributed by atoms with E-state index in [-0.39, 0.29) is 17.6 Å². The van der Waals surface area contributed by atoms with Crippen LogP contribution in [0.4, 0.5) is 0 Å². The average molecular weight is 339 g/mol. The van der Waals surface area contributed by atoms with E-state index >= 15 is 0 Å². The molecule has 2 aliphatic rings. The van der Waals surface area contributed by atoms with Crippen LogP contribution in [-0.4, -0.2) is 79.3 Å². The van der Waals surface area contributed by atoms with Gasteiger partial charge in [-0.15, -0.1) is 11.3 Å². The quantitative estimate of drug-likeness (QED) is 0.833. The second-order valence-electron chi connectivity index (χ2n) is 6.75. The van der Waals surface area contributed by atoms with Gasteiger partial charge in [-0.05, 0) is 33.9 Å². The molecule has 0 aromatic carbocycles. The summed E-state index contributed by atoms with van der Waals surface area (Å²) in [5, 5.41) is 2.75. The molecular weight excluding hydrogens is 314 g/mol. The maximum absolute atomic E-state index is 12.7. The molecule has 0 bridgehead atoms. The van der Waals surface area contributed by atoms with Gasteiger partial charge in [0.15, 0.2) is 0 Å². The van der Waals surface area contributed by atoms with Crippen LogP contribution in [0, 0.1) is 6.92 Å². The third-order valence-electron chi connectivity index (χ3n) is 4.38. The summed E-state index contributed by atoms with van der Waals surface area (Å²) in [6.07, 6.45) is 2.16. The van der Waals surface area contributed by atoms with Crippen LogP contribution in [-0.2, 0) is 9.47 Å². The number of hydrogen-bond donors (Lipinski definition) is 0. The fourth-order valence-corrected chi connectivity index (χ4v) is 3.94. The molecule has 1 aromatic heterocycles. The number of aryl methyl sites for hydroxylation is 1. The van der Waals surface area contributed by atoms with Crippen LogP contribution in [0.1, 0.15) is 28.3 Å². The first kappa shape index (κ1) is 16.8. The van der Waals surface area contributed by atoms with Gasteiger partial charge in [0.25, 0.3) is 5.91 Å². The molecular formula is C16H25N3O3S. The van der Waals surface area contributed by atoms with E-state index in [0.717, 1.165) is 24.4 Å². The van der Waals surface area contributed by atoms with E-state index < -0.39 is 0 Å². The minimum atomic E-state index is -0.363. The Bertz CT molecular complexity index is 563. The molecule has 7 heteroatoms. The lowest BCUT2D eigenvalue weighted by molar-refractivity contribution is -0.0878. The molecule has 2 atom stereocenters. The van der Waals surface area contributed by atoms with Crippen molar-refractivity contribution in [3.05, 3.63) is 16.1 Å². The SMILES string of the molecule is Cc1nc(C(=O)N2CCOC[C@]3(CC[C@H](CN(C)C)O3)C2)cs1. The Morgan fingerprint density at radius 3 is 3.09 bits per heavy atom. The van der Waals surface area contributed by atoms with Crippen LogP contribution in [0.15, 0.2) is 5.38 Å². The van der Waals surface area contributed by atoms with Crippen LogP contribution in [0.2, 0.25) is 0 Å². The molecule has 2 aliphatic heterocycles. The van der Waals surface area contributed by atoms with Crippen molar-refractivity contribution in [2.45, 2.75) is 31.5 Å². The van der Waals surface area contributed by atoms with Gasteiger partial charge in [-0.3, -0.25) is 4.79 Å². The van der Waals surface area contributed by atoms with Crippen molar-refractivity contribution in [1.82, 2.24) is 14.8 Å². The Hall–Kier alpha value is -1.02. The van der Waals surface area contributed by atoms with E-state index in [1.807, 2.05) is 17.2 Å². The van der Waals surface area contributed by atoms with Gasteiger partial charge in [0, 0.05) is 18.5 Å². The highest BCUT2D eigenvalue weighted by Crippen LogP contribution is 2.33. The molecule has 0 N–H and O–H groups in total. The van der Waals surface area contributed by atoms with Gasteiger partial charge < -0.3 is 19.3 Å². The third kappa shape index (κ3) is 3.91. The average Bonchev–Trinajstić information content (AvgIpc) is 3.01. The second-order valence-corrected chi connectivity index (χ2v) is 7.82. The molecule has 3 rings (SSSR count). The van der Waals surface area contributed by atoms with Gasteiger partial charge in [0.1, 0.15) is 11.3 Å². The molecule has 6 nitrogen and oxygen atoms in total. The van der Waals surface area contributed by atoms with E-state index in [0.29, 0.717) is 32.0 Å². The van der Waals surface area contributed by atoms with E-state index in [1.54, 1.807) is 0 Å². The standard InChI is InChI=1S/C16H25N3O3S/c1-12-17-14(9-23-12)15(20)19-6-7-21-11-16(10-19)5-4-13(22-16)8-18(2)3/h9,13H,4-8,10-11H2,1-3H3/t13-,16+/m1/s1. The topological polar surface area (TPSA) is 54.9 Å². The summed E-state index contributed by atoms with van der Waals surface area (Å²) in [5.41, 5.74) is 0.171. The highest BCUT2D eigenvalue weighted by Gasteiger charge is 2.44. The van der Waals surface area contributed by atoms with Crippen molar-refractivity contribution in [3.63, 3.8) is 0 Å². The van der Waals surface area contributed by atoms with E-state index in [1.165, 1.54) is 11.3 Å². The molecule has 1 spiro atoms. The predicted molar refractivity (Wildman–Crippen MR) is 89.0 cm³/mol. The third-order valence-corrected chi connectivity index (χ3v) is 5.16. The number of ether oxygens (including phenoxy) is 2. The van der Waals surface area contributed by atoms with Gasteiger partial charge in [-0.2, -0.15) is 0 Å². The lowest BCUT2D eigenvalue weighted by Crippen LogP contribution is -2.47. The first-order valence-corrected chi connectivity index (χ1v) is 8.97. The minimum Gasteiger partial charge on any atom is -0.377 e. The summed E-state index contributed by atoms with van der Waals surface area (Å²) < 4.78 is 12.1. The van der Waals surface area contributed by atoms with Gasteiger partial charge >= 0.3 is 0 Å². The highest BCUT2D eigenvalue weighted by atomic mass is 32.1. The molecule has 23 heavy (non-hydrogen) atoms. The van der Waals surface area contributed by atoms with Gasteiger partial charge in [-0.1, -0.05) is 0 Å². The molecule has 1 amide bonds. The Kier molecular flexibility index (Phi) is 5.01. The van der Waals surface area contributed by atoms with Crippen LogP contribution < -0.4 is 0 Å². The van der Waals surface area contributed by atoms with Gasteiger partial charge in [0.05, 0.1) is 30.9 Å². The van der Waals surface area contributed by atoms with E-state index in [9.17, 15) is 4.79 Å². The number of carbonyl (C=O) groups is 1. The molecule has 0 unspecified atom stereocenters. The molecule has 0 aliphatic carbocycles. The summed E-state index contributed by atoms with van der Waals surface area (Å²) in [6, 6.07) is 0. The summed E-state index contributed by atoms with van der Waals surface area (Å²) in [7, 11) is 4.11. The van der Waals surface area contributed by atoms with Crippen molar-refractivity contribution in [2.75, 3.05) is 46.9 Å². The summed E-state index contributed by atoms with van der Waals surface area (Å²) in [4.78, 5) is 21.0. The summed E-state index contributed by atoms with van der Waals surface area (Å²) in [5.74, 6) is -0.0149. The number of hydrogen-bond acceptors (Lipinski definition) is 6. The lowest BCUT2D eigenvalue weighted by atomic mass is 10.00. The molecule has 0 saturated carbocycles. The van der Waals surface area contributed by atoms with Crippen molar-refractivity contribution in [3.8, 4) is 0 Å². The minimum absolute atomic E-state index is 0.0149. The normalized spacial score (nSPS) is 28.5. The maximum atomic E-state index is 12.7. The molecule has 2 fully saturated rings. The fourth-order valence-electron chi connectivity index (χ4n) is 3.36.